The summed E-state index contributed by atoms with van der Waals surface area (Å²) >= 11 is 7.45. The first-order valence-electron chi connectivity index (χ1n) is 8.03. The van der Waals surface area contributed by atoms with Gasteiger partial charge in [-0.05, 0) is 32.9 Å². The second-order valence-electron chi connectivity index (χ2n) is 5.91. The van der Waals surface area contributed by atoms with Crippen molar-refractivity contribution in [3.63, 3.8) is 0 Å². The van der Waals surface area contributed by atoms with Crippen LogP contribution >= 0.6 is 22.9 Å². The first kappa shape index (κ1) is 19.1. The van der Waals surface area contributed by atoms with Crippen LogP contribution in [0.5, 0.6) is 0 Å². The van der Waals surface area contributed by atoms with Crippen molar-refractivity contribution >= 4 is 39.8 Å². The Balaban J connectivity index is 1.76. The van der Waals surface area contributed by atoms with Gasteiger partial charge in [-0.2, -0.15) is 10.2 Å². The van der Waals surface area contributed by atoms with Gasteiger partial charge in [0.05, 0.1) is 29.1 Å². The summed E-state index contributed by atoms with van der Waals surface area (Å²) in [6.07, 6.45) is 1.68. The summed E-state index contributed by atoms with van der Waals surface area (Å²) in [6.45, 7) is 5.88. The predicted octanol–water partition coefficient (Wildman–Crippen LogP) is 3.26. The predicted molar refractivity (Wildman–Crippen MR) is 103 cm³/mol. The number of carbonyl (C=O) groups excluding carboxylic acids is 2. The number of amides is 1. The molecule has 10 heteroatoms. The fourth-order valence-electron chi connectivity index (χ4n) is 2.55. The number of thiophene rings is 1. The lowest BCUT2D eigenvalue weighted by Gasteiger charge is -2.05. The first-order valence-corrected chi connectivity index (χ1v) is 9.22. The Morgan fingerprint density at radius 2 is 2.04 bits per heavy atom. The van der Waals surface area contributed by atoms with Gasteiger partial charge in [-0.25, -0.2) is 9.48 Å². The number of anilines is 1. The van der Waals surface area contributed by atoms with Crippen molar-refractivity contribution in [3.05, 3.63) is 50.9 Å². The Morgan fingerprint density at radius 3 is 2.67 bits per heavy atom. The monoisotopic (exact) mass is 407 g/mol. The molecule has 0 fully saturated rings. The van der Waals surface area contributed by atoms with Crippen molar-refractivity contribution in [1.29, 1.82) is 0 Å². The van der Waals surface area contributed by atoms with Crippen molar-refractivity contribution in [2.45, 2.75) is 27.4 Å². The number of hydrogen-bond donors (Lipinski definition) is 1. The zero-order valence-corrected chi connectivity index (χ0v) is 16.8. The molecule has 0 saturated heterocycles. The number of hydrogen-bond acceptors (Lipinski definition) is 6. The van der Waals surface area contributed by atoms with Crippen LogP contribution in [-0.4, -0.2) is 38.5 Å². The Morgan fingerprint density at radius 1 is 1.30 bits per heavy atom. The van der Waals surface area contributed by atoms with Crippen LogP contribution in [0.1, 0.15) is 37.1 Å². The third kappa shape index (κ3) is 3.88. The smallest absolute Gasteiger partial charge is 0.340 e. The molecule has 3 aromatic heterocycles. The van der Waals surface area contributed by atoms with Crippen molar-refractivity contribution < 1.29 is 14.3 Å². The van der Waals surface area contributed by atoms with Crippen LogP contribution in [0.3, 0.4) is 0 Å². The summed E-state index contributed by atoms with van der Waals surface area (Å²) in [7, 11) is 1.30. The molecule has 142 valence electrons. The van der Waals surface area contributed by atoms with E-state index in [-0.39, 0.29) is 5.69 Å². The SMILES string of the molecule is COC(=O)c1cc(C)sc1NC(=O)c1ccn(Cn2nc(C)c(Cl)c2C)n1. The molecule has 1 N–H and O–H groups in total. The summed E-state index contributed by atoms with van der Waals surface area (Å²) in [6, 6.07) is 3.28. The number of methoxy groups -OCH3 is 1. The summed E-state index contributed by atoms with van der Waals surface area (Å²) in [5, 5.41) is 12.4. The number of aryl methyl sites for hydroxylation is 2. The molecule has 0 unspecified atom stereocenters. The zero-order valence-electron chi connectivity index (χ0n) is 15.2. The van der Waals surface area contributed by atoms with E-state index in [4.69, 9.17) is 16.3 Å². The minimum absolute atomic E-state index is 0.226. The molecule has 1 amide bonds. The average Bonchev–Trinajstić information content (AvgIpc) is 3.30. The van der Waals surface area contributed by atoms with Gasteiger partial charge in [-0.1, -0.05) is 11.6 Å². The van der Waals surface area contributed by atoms with Crippen LogP contribution in [0.15, 0.2) is 18.3 Å². The van der Waals surface area contributed by atoms with Gasteiger partial charge in [0.2, 0.25) is 0 Å². The number of halogens is 1. The van der Waals surface area contributed by atoms with Crippen molar-refractivity contribution in [2.24, 2.45) is 0 Å². The van der Waals surface area contributed by atoms with E-state index in [1.807, 2.05) is 20.8 Å². The number of esters is 1. The van der Waals surface area contributed by atoms with Crippen LogP contribution < -0.4 is 5.32 Å². The van der Waals surface area contributed by atoms with Gasteiger partial charge in [0.25, 0.3) is 5.91 Å². The lowest BCUT2D eigenvalue weighted by Crippen LogP contribution is -2.16. The third-order valence-electron chi connectivity index (χ3n) is 3.93. The Labute approximate surface area is 164 Å². The highest BCUT2D eigenvalue weighted by molar-refractivity contribution is 7.16. The number of nitrogens with zero attached hydrogens (tertiary/aromatic N) is 4. The largest absolute Gasteiger partial charge is 0.465 e. The lowest BCUT2D eigenvalue weighted by atomic mass is 10.3. The number of carbonyl (C=O) groups is 2. The van der Waals surface area contributed by atoms with Crippen LogP contribution in [0.2, 0.25) is 5.02 Å². The zero-order chi connectivity index (χ0) is 19.7. The molecule has 0 aromatic carbocycles. The molecular formula is C17H18ClN5O3S. The summed E-state index contributed by atoms with van der Waals surface area (Å²) < 4.78 is 8.05. The molecule has 3 heterocycles. The number of aromatic nitrogens is 4. The first-order chi connectivity index (χ1) is 12.8. The third-order valence-corrected chi connectivity index (χ3v) is 5.45. The Kier molecular flexibility index (Phi) is 5.33. The quantitative estimate of drug-likeness (QED) is 0.655. The van der Waals surface area contributed by atoms with Crippen LogP contribution in [-0.2, 0) is 11.4 Å². The minimum Gasteiger partial charge on any atom is -0.465 e. The highest BCUT2D eigenvalue weighted by Gasteiger charge is 2.19. The second kappa shape index (κ2) is 7.53. The fraction of sp³-hybridized carbons (Fsp3) is 0.294. The maximum atomic E-state index is 12.5. The normalized spacial score (nSPS) is 10.9. The van der Waals surface area contributed by atoms with E-state index >= 15 is 0 Å². The van der Waals surface area contributed by atoms with E-state index in [1.165, 1.54) is 18.4 Å². The van der Waals surface area contributed by atoms with Crippen molar-refractivity contribution in [2.75, 3.05) is 12.4 Å². The molecule has 0 aliphatic heterocycles. The number of rotatable bonds is 5. The molecule has 0 aliphatic carbocycles. The van der Waals surface area contributed by atoms with Crippen LogP contribution in [0.25, 0.3) is 0 Å². The average molecular weight is 408 g/mol. The highest BCUT2D eigenvalue weighted by Crippen LogP contribution is 2.28. The molecular weight excluding hydrogens is 390 g/mol. The topological polar surface area (TPSA) is 91.0 Å². The molecule has 0 spiro atoms. The van der Waals surface area contributed by atoms with Gasteiger partial charge in [0.1, 0.15) is 11.7 Å². The summed E-state index contributed by atoms with van der Waals surface area (Å²) in [4.78, 5) is 25.2. The van der Waals surface area contributed by atoms with Crippen LogP contribution in [0, 0.1) is 20.8 Å². The Bertz CT molecular complexity index is 1020. The van der Waals surface area contributed by atoms with Gasteiger partial charge in [-0.3, -0.25) is 9.48 Å². The minimum atomic E-state index is -0.499. The standard InChI is InChI=1S/C17H18ClN5O3S/c1-9-7-12(17(25)26-4)16(27-9)19-15(24)13-5-6-22(21-13)8-23-11(3)14(18)10(2)20-23/h5-7H,8H2,1-4H3,(H,19,24). The van der Waals surface area contributed by atoms with Crippen LogP contribution in [0.4, 0.5) is 5.00 Å². The molecule has 27 heavy (non-hydrogen) atoms. The van der Waals surface area contributed by atoms with E-state index in [2.05, 4.69) is 15.5 Å². The molecule has 3 aromatic rings. The molecule has 0 radical (unpaired) electrons. The molecule has 0 bridgehead atoms. The van der Waals surface area contributed by atoms with E-state index in [9.17, 15) is 9.59 Å². The van der Waals surface area contributed by atoms with E-state index in [0.717, 1.165) is 16.3 Å². The number of ether oxygens (including phenoxy) is 1. The maximum Gasteiger partial charge on any atom is 0.340 e. The molecule has 3 rings (SSSR count). The Hall–Kier alpha value is -2.65. The molecule has 0 aliphatic rings. The van der Waals surface area contributed by atoms with Gasteiger partial charge in [0, 0.05) is 11.1 Å². The number of nitrogens with one attached hydrogen (secondary N) is 1. The van der Waals surface area contributed by atoms with E-state index < -0.39 is 11.9 Å². The van der Waals surface area contributed by atoms with E-state index in [1.54, 1.807) is 27.7 Å². The van der Waals surface area contributed by atoms with Gasteiger partial charge >= 0.3 is 5.97 Å². The second-order valence-corrected chi connectivity index (χ2v) is 7.55. The van der Waals surface area contributed by atoms with Gasteiger partial charge in [0.15, 0.2) is 5.69 Å². The molecule has 8 nitrogen and oxygen atoms in total. The maximum absolute atomic E-state index is 12.5. The van der Waals surface area contributed by atoms with Crippen molar-refractivity contribution in [3.8, 4) is 0 Å². The fourth-order valence-corrected chi connectivity index (χ4v) is 3.58. The summed E-state index contributed by atoms with van der Waals surface area (Å²) in [5.74, 6) is -0.909. The van der Waals surface area contributed by atoms with Gasteiger partial charge < -0.3 is 10.1 Å². The lowest BCUT2D eigenvalue weighted by molar-refractivity contribution is 0.0602. The van der Waals surface area contributed by atoms with Gasteiger partial charge in [-0.15, -0.1) is 11.3 Å². The van der Waals surface area contributed by atoms with E-state index in [0.29, 0.717) is 22.3 Å². The molecule has 0 saturated carbocycles. The van der Waals surface area contributed by atoms with Crippen molar-refractivity contribution in [1.82, 2.24) is 19.6 Å². The molecule has 0 atom stereocenters. The highest BCUT2D eigenvalue weighted by atomic mass is 35.5. The summed E-state index contributed by atoms with van der Waals surface area (Å²) in [5.41, 5.74) is 2.12.